The van der Waals surface area contributed by atoms with Crippen LogP contribution in [0.15, 0.2) is 23.8 Å². The first-order chi connectivity index (χ1) is 14.9. The predicted octanol–water partition coefficient (Wildman–Crippen LogP) is 0.0534. The van der Waals surface area contributed by atoms with Crippen molar-refractivity contribution in [1.82, 2.24) is 30.3 Å². The number of thiophene rings is 1. The zero-order chi connectivity index (χ0) is 22.1. The molecule has 14 heteroatoms. The third kappa shape index (κ3) is 4.05. The molecule has 0 spiro atoms. The second-order valence-electron chi connectivity index (χ2n) is 6.54. The molecule has 31 heavy (non-hydrogen) atoms. The number of aliphatic hydroxyl groups is 2. The van der Waals surface area contributed by atoms with Gasteiger partial charge in [-0.2, -0.15) is 9.97 Å². The number of anilines is 1. The standard InChI is InChI=1S/C17H18ClN7O5S/c1-2-19-15(29)11-9(26)10(27)16(30-11)25-6-20-8-12(21-17(18)22-13(8)25)23-24-14(28)7-4-3-5-31-7/h3-6,9-11,16,26-27H,2H2,1H3,(H,19,29)(H,24,28)(H,21,22,23)/t9-,10+,11-,16+/m1/s1. The Morgan fingerprint density at radius 3 is 2.84 bits per heavy atom. The highest BCUT2D eigenvalue weighted by molar-refractivity contribution is 7.12. The van der Waals surface area contributed by atoms with Gasteiger partial charge in [0, 0.05) is 6.54 Å². The Labute approximate surface area is 184 Å². The Hall–Kier alpha value is -2.84. The molecule has 0 bridgehead atoms. The molecule has 0 unspecified atom stereocenters. The van der Waals surface area contributed by atoms with E-state index in [2.05, 4.69) is 31.1 Å². The van der Waals surface area contributed by atoms with Crippen LogP contribution in [0, 0.1) is 0 Å². The fraction of sp³-hybridized carbons (Fsp3) is 0.353. The molecule has 2 amide bonds. The summed E-state index contributed by atoms with van der Waals surface area (Å²) in [6.45, 7) is 2.07. The smallest absolute Gasteiger partial charge is 0.279 e. The van der Waals surface area contributed by atoms with E-state index in [0.29, 0.717) is 11.4 Å². The second kappa shape index (κ2) is 8.72. The number of halogens is 1. The summed E-state index contributed by atoms with van der Waals surface area (Å²) in [4.78, 5) is 37.1. The van der Waals surface area contributed by atoms with Gasteiger partial charge in [-0.15, -0.1) is 11.3 Å². The largest absolute Gasteiger partial charge is 0.387 e. The van der Waals surface area contributed by atoms with E-state index >= 15 is 0 Å². The van der Waals surface area contributed by atoms with E-state index in [9.17, 15) is 19.8 Å². The van der Waals surface area contributed by atoms with Crippen LogP contribution in [-0.4, -0.2) is 66.4 Å². The van der Waals surface area contributed by atoms with Crippen LogP contribution >= 0.6 is 22.9 Å². The number of amides is 2. The maximum Gasteiger partial charge on any atom is 0.279 e. The van der Waals surface area contributed by atoms with E-state index in [1.807, 2.05) is 0 Å². The van der Waals surface area contributed by atoms with Crippen LogP contribution in [0.1, 0.15) is 22.8 Å². The van der Waals surface area contributed by atoms with Crippen molar-refractivity contribution >= 4 is 51.7 Å². The molecule has 12 nitrogen and oxygen atoms in total. The molecule has 0 saturated carbocycles. The van der Waals surface area contributed by atoms with Gasteiger partial charge in [0.1, 0.15) is 12.2 Å². The molecular weight excluding hydrogens is 450 g/mol. The topological polar surface area (TPSA) is 164 Å². The van der Waals surface area contributed by atoms with Gasteiger partial charge in [-0.1, -0.05) is 6.07 Å². The molecule has 3 aromatic heterocycles. The molecule has 164 valence electrons. The first-order valence-corrected chi connectivity index (χ1v) is 10.5. The van der Waals surface area contributed by atoms with Crippen molar-refractivity contribution in [3.8, 4) is 0 Å². The van der Waals surface area contributed by atoms with Crippen LogP contribution in [0.3, 0.4) is 0 Å². The van der Waals surface area contributed by atoms with Crippen LogP contribution in [0.5, 0.6) is 0 Å². The lowest BCUT2D eigenvalue weighted by atomic mass is 10.1. The quantitative estimate of drug-likeness (QED) is 0.249. The fourth-order valence-corrected chi connectivity index (χ4v) is 3.91. The van der Waals surface area contributed by atoms with E-state index in [1.165, 1.54) is 22.2 Å². The highest BCUT2D eigenvalue weighted by Gasteiger charge is 2.47. The minimum atomic E-state index is -1.45. The summed E-state index contributed by atoms with van der Waals surface area (Å²) in [5.74, 6) is -0.806. The number of hydrogen-bond acceptors (Lipinski definition) is 10. The number of imidazole rings is 1. The third-order valence-electron chi connectivity index (χ3n) is 4.56. The lowest BCUT2D eigenvalue weighted by Crippen LogP contribution is -2.42. The molecule has 4 rings (SSSR count). The van der Waals surface area contributed by atoms with E-state index in [1.54, 1.807) is 24.4 Å². The molecule has 0 aromatic carbocycles. The average Bonchev–Trinajstić information content (AvgIpc) is 3.47. The number of hydrazine groups is 1. The third-order valence-corrected chi connectivity index (χ3v) is 5.59. The molecule has 0 aliphatic carbocycles. The number of nitrogens with one attached hydrogen (secondary N) is 3. The lowest BCUT2D eigenvalue weighted by Gasteiger charge is -2.16. The maximum absolute atomic E-state index is 12.2. The van der Waals surface area contributed by atoms with Gasteiger partial charge in [0.25, 0.3) is 11.8 Å². The van der Waals surface area contributed by atoms with Gasteiger partial charge >= 0.3 is 0 Å². The number of hydrogen-bond donors (Lipinski definition) is 5. The van der Waals surface area contributed by atoms with E-state index < -0.39 is 30.4 Å². The van der Waals surface area contributed by atoms with Gasteiger partial charge in [-0.25, -0.2) is 4.98 Å². The van der Waals surface area contributed by atoms with Gasteiger partial charge in [-0.05, 0) is 30.0 Å². The van der Waals surface area contributed by atoms with Crippen LogP contribution in [-0.2, 0) is 9.53 Å². The molecule has 1 saturated heterocycles. The average molecular weight is 468 g/mol. The van der Waals surface area contributed by atoms with Gasteiger partial charge < -0.3 is 20.3 Å². The van der Waals surface area contributed by atoms with Crippen LogP contribution in [0.25, 0.3) is 11.2 Å². The molecule has 1 fully saturated rings. The molecule has 1 aliphatic heterocycles. The highest BCUT2D eigenvalue weighted by atomic mass is 35.5. The predicted molar refractivity (Wildman–Crippen MR) is 110 cm³/mol. The fourth-order valence-electron chi connectivity index (χ4n) is 3.13. The van der Waals surface area contributed by atoms with Crippen LogP contribution < -0.4 is 16.2 Å². The van der Waals surface area contributed by atoms with Crippen LogP contribution in [0.2, 0.25) is 5.28 Å². The number of ether oxygens (including phenoxy) is 1. The van der Waals surface area contributed by atoms with Crippen molar-refractivity contribution in [2.75, 3.05) is 12.0 Å². The number of aromatic nitrogens is 4. The summed E-state index contributed by atoms with van der Waals surface area (Å²) >= 11 is 7.30. The van der Waals surface area contributed by atoms with Crippen molar-refractivity contribution < 1.29 is 24.5 Å². The van der Waals surface area contributed by atoms with Crippen molar-refractivity contribution in [3.63, 3.8) is 0 Å². The number of nitrogens with zero attached hydrogens (tertiary/aromatic N) is 4. The SMILES string of the molecule is CCNC(=O)[C@@H]1O[C@H](n2cnc3c(NNC(=O)c4cccs4)nc(Cl)nc32)[C@@H](O)[C@H]1O. The Morgan fingerprint density at radius 2 is 2.13 bits per heavy atom. The van der Waals surface area contributed by atoms with Gasteiger partial charge in [0.05, 0.1) is 11.2 Å². The minimum Gasteiger partial charge on any atom is -0.387 e. The zero-order valence-corrected chi connectivity index (χ0v) is 17.6. The molecule has 4 atom stereocenters. The number of carbonyl (C=O) groups is 2. The molecule has 0 radical (unpaired) electrons. The van der Waals surface area contributed by atoms with Gasteiger partial charge in [0.15, 0.2) is 29.3 Å². The summed E-state index contributed by atoms with van der Waals surface area (Å²) in [7, 11) is 0. The van der Waals surface area contributed by atoms with E-state index in [-0.39, 0.29) is 28.2 Å². The Bertz CT molecular complexity index is 1110. The molecule has 5 N–H and O–H groups in total. The number of likely N-dealkylation sites (N-methyl/N-ethyl adjacent to an activating group) is 1. The van der Waals surface area contributed by atoms with Crippen molar-refractivity contribution in [2.45, 2.75) is 31.5 Å². The van der Waals surface area contributed by atoms with Gasteiger partial charge in [0.2, 0.25) is 5.28 Å². The monoisotopic (exact) mass is 467 g/mol. The normalized spacial score (nSPS) is 23.1. The Kier molecular flexibility index (Phi) is 6.02. The maximum atomic E-state index is 12.2. The number of aliphatic hydroxyl groups excluding tert-OH is 2. The van der Waals surface area contributed by atoms with Crippen molar-refractivity contribution in [1.29, 1.82) is 0 Å². The number of rotatable bonds is 6. The molecule has 3 aromatic rings. The summed E-state index contributed by atoms with van der Waals surface area (Å²) < 4.78 is 6.93. The number of carbonyl (C=O) groups excluding carboxylic acids is 2. The Morgan fingerprint density at radius 1 is 1.32 bits per heavy atom. The molecule has 4 heterocycles. The number of fused-ring (bicyclic) bond motifs is 1. The summed E-state index contributed by atoms with van der Waals surface area (Å²) in [5, 5.41) is 24.9. The summed E-state index contributed by atoms with van der Waals surface area (Å²) in [6.07, 6.45) is -3.98. The first kappa shape index (κ1) is 21.4. The Balaban J connectivity index is 1.60. The minimum absolute atomic E-state index is 0.118. The summed E-state index contributed by atoms with van der Waals surface area (Å²) in [6, 6.07) is 3.41. The van der Waals surface area contributed by atoms with Crippen molar-refractivity contribution in [3.05, 3.63) is 34.0 Å². The lowest BCUT2D eigenvalue weighted by molar-refractivity contribution is -0.137. The molecule has 1 aliphatic rings. The summed E-state index contributed by atoms with van der Waals surface area (Å²) in [5.41, 5.74) is 5.56. The highest BCUT2D eigenvalue weighted by Crippen LogP contribution is 2.33. The van der Waals surface area contributed by atoms with E-state index in [4.69, 9.17) is 16.3 Å². The van der Waals surface area contributed by atoms with E-state index in [0.717, 1.165) is 0 Å². The second-order valence-corrected chi connectivity index (χ2v) is 7.83. The van der Waals surface area contributed by atoms with Gasteiger partial charge in [-0.3, -0.25) is 25.0 Å². The molecular formula is C17H18ClN7O5S. The first-order valence-electron chi connectivity index (χ1n) is 9.20. The zero-order valence-electron chi connectivity index (χ0n) is 16.0. The van der Waals surface area contributed by atoms with Crippen LogP contribution in [0.4, 0.5) is 5.82 Å². The van der Waals surface area contributed by atoms with Crippen molar-refractivity contribution in [2.24, 2.45) is 0 Å².